The lowest BCUT2D eigenvalue weighted by molar-refractivity contribution is -0.169. The molecule has 3 heterocycles. The van der Waals surface area contributed by atoms with E-state index in [1.165, 1.54) is 11.1 Å². The lowest BCUT2D eigenvalue weighted by atomic mass is 10.0. The second kappa shape index (κ2) is 6.85. The predicted octanol–water partition coefficient (Wildman–Crippen LogP) is 3.49. The van der Waals surface area contributed by atoms with E-state index in [9.17, 15) is 0 Å². The van der Waals surface area contributed by atoms with Crippen molar-refractivity contribution in [2.75, 3.05) is 36.5 Å². The Morgan fingerprint density at radius 1 is 0.923 bits per heavy atom. The first-order chi connectivity index (χ1) is 12.5. The Balaban J connectivity index is 1.51. The van der Waals surface area contributed by atoms with Crippen molar-refractivity contribution < 1.29 is 9.47 Å². The molecule has 4 rings (SSSR count). The van der Waals surface area contributed by atoms with Crippen molar-refractivity contribution in [1.82, 2.24) is 9.97 Å². The van der Waals surface area contributed by atoms with Gasteiger partial charge in [-0.25, -0.2) is 4.98 Å². The van der Waals surface area contributed by atoms with Gasteiger partial charge in [-0.3, -0.25) is 0 Å². The Bertz CT molecular complexity index is 772. The van der Waals surface area contributed by atoms with Gasteiger partial charge in [0, 0.05) is 43.4 Å². The highest BCUT2D eigenvalue weighted by atomic mass is 16.7. The SMILES string of the molecule is Cc1cc(C)cc(Nc2nc(C)cc(N3CCC4(CC3)OCCO4)n2)c1. The molecular formula is C20H26N4O2. The molecule has 2 aliphatic rings. The summed E-state index contributed by atoms with van der Waals surface area (Å²) in [5, 5.41) is 3.36. The van der Waals surface area contributed by atoms with Gasteiger partial charge in [-0.2, -0.15) is 4.98 Å². The standard InChI is InChI=1S/C20H26N4O2/c1-14-10-15(2)12-17(11-14)22-19-21-16(3)13-18(23-19)24-6-4-20(5-7-24)25-8-9-26-20/h10-13H,4-9H2,1-3H3,(H,21,22,23). The van der Waals surface area contributed by atoms with Crippen LogP contribution in [0.4, 0.5) is 17.5 Å². The third kappa shape index (κ3) is 3.66. The molecule has 0 atom stereocenters. The Morgan fingerprint density at radius 3 is 2.23 bits per heavy atom. The first-order valence-corrected chi connectivity index (χ1v) is 9.25. The van der Waals surface area contributed by atoms with Crippen LogP contribution >= 0.6 is 0 Å². The molecule has 2 aliphatic heterocycles. The number of aryl methyl sites for hydroxylation is 3. The molecule has 26 heavy (non-hydrogen) atoms. The molecule has 2 fully saturated rings. The second-order valence-corrected chi connectivity index (χ2v) is 7.29. The van der Waals surface area contributed by atoms with Crippen LogP contribution in [0.1, 0.15) is 29.7 Å². The van der Waals surface area contributed by atoms with Crippen LogP contribution in [-0.2, 0) is 9.47 Å². The van der Waals surface area contributed by atoms with Crippen molar-refractivity contribution in [3.05, 3.63) is 41.1 Å². The summed E-state index contributed by atoms with van der Waals surface area (Å²) in [7, 11) is 0. The van der Waals surface area contributed by atoms with Crippen LogP contribution in [0.2, 0.25) is 0 Å². The minimum Gasteiger partial charge on any atom is -0.356 e. The molecule has 6 nitrogen and oxygen atoms in total. The number of rotatable bonds is 3. The lowest BCUT2D eigenvalue weighted by Crippen LogP contribution is -2.45. The van der Waals surface area contributed by atoms with Crippen LogP contribution in [0, 0.1) is 20.8 Å². The van der Waals surface area contributed by atoms with Gasteiger partial charge in [0.05, 0.1) is 13.2 Å². The van der Waals surface area contributed by atoms with Gasteiger partial charge in [-0.1, -0.05) is 6.07 Å². The number of benzene rings is 1. The van der Waals surface area contributed by atoms with Crippen LogP contribution in [0.5, 0.6) is 0 Å². The molecule has 0 aliphatic carbocycles. The lowest BCUT2D eigenvalue weighted by Gasteiger charge is -2.38. The highest BCUT2D eigenvalue weighted by Gasteiger charge is 2.40. The summed E-state index contributed by atoms with van der Waals surface area (Å²) in [6, 6.07) is 8.42. The van der Waals surface area contributed by atoms with E-state index in [-0.39, 0.29) is 5.79 Å². The summed E-state index contributed by atoms with van der Waals surface area (Å²) < 4.78 is 11.6. The van der Waals surface area contributed by atoms with Crippen LogP contribution in [0.3, 0.4) is 0 Å². The normalized spacial score (nSPS) is 19.1. The Labute approximate surface area is 154 Å². The van der Waals surface area contributed by atoms with E-state index in [1.54, 1.807) is 0 Å². The monoisotopic (exact) mass is 354 g/mol. The smallest absolute Gasteiger partial charge is 0.229 e. The van der Waals surface area contributed by atoms with E-state index in [2.05, 4.69) is 47.2 Å². The van der Waals surface area contributed by atoms with Crippen LogP contribution in [0.25, 0.3) is 0 Å². The Kier molecular flexibility index (Phi) is 4.54. The van der Waals surface area contributed by atoms with Crippen molar-refractivity contribution >= 4 is 17.5 Å². The van der Waals surface area contributed by atoms with Crippen LogP contribution in [-0.4, -0.2) is 42.1 Å². The molecular weight excluding hydrogens is 328 g/mol. The second-order valence-electron chi connectivity index (χ2n) is 7.29. The first kappa shape index (κ1) is 17.2. The van der Waals surface area contributed by atoms with Gasteiger partial charge in [-0.05, 0) is 44.0 Å². The zero-order valence-electron chi connectivity index (χ0n) is 15.7. The van der Waals surface area contributed by atoms with Crippen LogP contribution < -0.4 is 10.2 Å². The molecule has 0 amide bonds. The molecule has 1 aromatic carbocycles. The minimum atomic E-state index is -0.362. The van der Waals surface area contributed by atoms with Crippen molar-refractivity contribution in [3.8, 4) is 0 Å². The molecule has 2 saturated heterocycles. The van der Waals surface area contributed by atoms with Gasteiger partial charge in [0.2, 0.25) is 5.95 Å². The summed E-state index contributed by atoms with van der Waals surface area (Å²) in [6.45, 7) is 9.35. The zero-order valence-corrected chi connectivity index (χ0v) is 15.7. The van der Waals surface area contributed by atoms with Crippen molar-refractivity contribution in [1.29, 1.82) is 0 Å². The molecule has 0 radical (unpaired) electrons. The zero-order chi connectivity index (χ0) is 18.1. The molecule has 2 aromatic rings. The Hall–Kier alpha value is -2.18. The Morgan fingerprint density at radius 2 is 1.58 bits per heavy atom. The highest BCUT2D eigenvalue weighted by molar-refractivity contribution is 5.58. The number of nitrogens with one attached hydrogen (secondary N) is 1. The number of nitrogens with zero attached hydrogens (tertiary/aromatic N) is 3. The predicted molar refractivity (Wildman–Crippen MR) is 102 cm³/mol. The fourth-order valence-electron chi connectivity index (χ4n) is 3.81. The summed E-state index contributed by atoms with van der Waals surface area (Å²) in [6.07, 6.45) is 1.74. The van der Waals surface area contributed by atoms with Gasteiger partial charge >= 0.3 is 0 Å². The quantitative estimate of drug-likeness (QED) is 0.910. The van der Waals surface area contributed by atoms with E-state index >= 15 is 0 Å². The van der Waals surface area contributed by atoms with Gasteiger partial charge in [0.1, 0.15) is 5.82 Å². The summed E-state index contributed by atoms with van der Waals surface area (Å²) >= 11 is 0. The molecule has 1 aromatic heterocycles. The molecule has 6 heteroatoms. The number of hydrogen-bond donors (Lipinski definition) is 1. The van der Waals surface area contributed by atoms with Gasteiger partial charge in [0.25, 0.3) is 0 Å². The number of piperidine rings is 1. The fourth-order valence-corrected chi connectivity index (χ4v) is 3.81. The van der Waals surface area contributed by atoms with E-state index < -0.39 is 0 Å². The van der Waals surface area contributed by atoms with Crippen molar-refractivity contribution in [2.24, 2.45) is 0 Å². The van der Waals surface area contributed by atoms with Gasteiger partial charge in [-0.15, -0.1) is 0 Å². The van der Waals surface area contributed by atoms with E-state index in [1.807, 2.05) is 13.0 Å². The van der Waals surface area contributed by atoms with E-state index in [0.29, 0.717) is 19.2 Å². The highest BCUT2D eigenvalue weighted by Crippen LogP contribution is 2.33. The number of ether oxygens (including phenoxy) is 2. The first-order valence-electron chi connectivity index (χ1n) is 9.25. The third-order valence-corrected chi connectivity index (χ3v) is 4.98. The van der Waals surface area contributed by atoms with Crippen molar-refractivity contribution in [3.63, 3.8) is 0 Å². The number of anilines is 3. The minimum absolute atomic E-state index is 0.362. The van der Waals surface area contributed by atoms with Gasteiger partial charge in [0.15, 0.2) is 5.79 Å². The third-order valence-electron chi connectivity index (χ3n) is 4.98. The molecule has 1 N–H and O–H groups in total. The maximum atomic E-state index is 5.82. The number of aromatic nitrogens is 2. The van der Waals surface area contributed by atoms with Crippen LogP contribution in [0.15, 0.2) is 24.3 Å². The number of hydrogen-bond acceptors (Lipinski definition) is 6. The maximum absolute atomic E-state index is 5.82. The van der Waals surface area contributed by atoms with E-state index in [4.69, 9.17) is 14.5 Å². The van der Waals surface area contributed by atoms with Crippen molar-refractivity contribution in [2.45, 2.75) is 39.4 Å². The maximum Gasteiger partial charge on any atom is 0.229 e. The summed E-state index contributed by atoms with van der Waals surface area (Å²) in [4.78, 5) is 11.6. The average Bonchev–Trinajstić information content (AvgIpc) is 3.02. The van der Waals surface area contributed by atoms with E-state index in [0.717, 1.165) is 43.1 Å². The summed E-state index contributed by atoms with van der Waals surface area (Å²) in [5.74, 6) is 1.23. The molecule has 138 valence electrons. The molecule has 0 saturated carbocycles. The average molecular weight is 354 g/mol. The molecule has 0 unspecified atom stereocenters. The summed E-state index contributed by atoms with van der Waals surface area (Å²) in [5.41, 5.74) is 4.41. The van der Waals surface area contributed by atoms with Gasteiger partial charge < -0.3 is 19.7 Å². The molecule has 0 bridgehead atoms. The largest absolute Gasteiger partial charge is 0.356 e. The molecule has 1 spiro atoms. The fraction of sp³-hybridized carbons (Fsp3) is 0.500. The topological polar surface area (TPSA) is 59.5 Å².